The van der Waals surface area contributed by atoms with Gasteiger partial charge < -0.3 is 15.4 Å². The molecule has 7 nitrogen and oxygen atoms in total. The first-order chi connectivity index (χ1) is 15.2. The van der Waals surface area contributed by atoms with Gasteiger partial charge in [0.25, 0.3) is 5.91 Å². The highest BCUT2D eigenvalue weighted by Gasteiger charge is 2.37. The number of carbonyl (C=O) groups excluding carboxylic acids is 3. The van der Waals surface area contributed by atoms with Crippen molar-refractivity contribution in [1.29, 1.82) is 0 Å². The molecule has 2 atom stereocenters. The summed E-state index contributed by atoms with van der Waals surface area (Å²) >= 11 is 0. The van der Waals surface area contributed by atoms with Gasteiger partial charge in [-0.2, -0.15) is 0 Å². The number of hydrogen-bond acceptors (Lipinski definition) is 4. The van der Waals surface area contributed by atoms with Gasteiger partial charge in [-0.1, -0.05) is 44.0 Å². The second-order valence-electron chi connectivity index (χ2n) is 10.1. The number of benzene rings is 1. The first-order valence-corrected chi connectivity index (χ1v) is 11.3. The predicted octanol–water partition coefficient (Wildman–Crippen LogP) is 4.23. The van der Waals surface area contributed by atoms with Crippen molar-refractivity contribution in [2.45, 2.75) is 92.5 Å². The lowest BCUT2D eigenvalue weighted by molar-refractivity contribution is -0.139. The zero-order chi connectivity index (χ0) is 25.5. The van der Waals surface area contributed by atoms with Gasteiger partial charge in [0, 0.05) is 12.1 Å². The molecule has 0 spiro atoms. The van der Waals surface area contributed by atoms with Crippen LogP contribution in [-0.2, 0) is 14.3 Å². The van der Waals surface area contributed by atoms with Crippen molar-refractivity contribution in [1.82, 2.24) is 15.5 Å². The highest BCUT2D eigenvalue weighted by Crippen LogP contribution is 2.27. The molecule has 0 aliphatic rings. The number of nitrogens with one attached hydrogen (secondary N) is 2. The molecule has 0 aliphatic carbocycles. The Hall–Kier alpha value is -3.01. The van der Waals surface area contributed by atoms with E-state index in [-0.39, 0.29) is 17.9 Å². The third-order valence-corrected chi connectivity index (χ3v) is 4.74. The molecular weight excluding hydrogens is 418 g/mol. The Morgan fingerprint density at radius 2 is 1.70 bits per heavy atom. The summed E-state index contributed by atoms with van der Waals surface area (Å²) in [4.78, 5) is 40.4. The molecule has 1 rings (SSSR count). The van der Waals surface area contributed by atoms with Crippen LogP contribution in [0.25, 0.3) is 0 Å². The van der Waals surface area contributed by atoms with E-state index in [9.17, 15) is 14.4 Å². The highest BCUT2D eigenvalue weighted by atomic mass is 16.6. The molecule has 7 heteroatoms. The molecule has 0 aliphatic heterocycles. The highest BCUT2D eigenvalue weighted by molar-refractivity contribution is 5.93. The average molecular weight is 458 g/mol. The summed E-state index contributed by atoms with van der Waals surface area (Å²) in [6.45, 7) is 16.6. The Morgan fingerprint density at radius 1 is 1.09 bits per heavy atom. The average Bonchev–Trinajstić information content (AvgIpc) is 2.64. The Bertz CT molecular complexity index is 894. The van der Waals surface area contributed by atoms with Crippen LogP contribution in [0.1, 0.15) is 77.6 Å². The lowest BCUT2D eigenvalue weighted by Gasteiger charge is -2.32. The smallest absolute Gasteiger partial charge is 0.408 e. The van der Waals surface area contributed by atoms with Crippen molar-refractivity contribution in [3.63, 3.8) is 0 Å². The molecule has 3 amide bonds. The number of hydrogen-bond donors (Lipinski definition) is 2. The van der Waals surface area contributed by atoms with Crippen LogP contribution in [0.3, 0.4) is 0 Å². The number of ether oxygens (including phenoxy) is 1. The van der Waals surface area contributed by atoms with E-state index in [1.54, 1.807) is 20.8 Å². The number of amides is 3. The second kappa shape index (κ2) is 11.7. The summed E-state index contributed by atoms with van der Waals surface area (Å²) in [6, 6.07) is 5.95. The van der Waals surface area contributed by atoms with Gasteiger partial charge in [0.2, 0.25) is 5.91 Å². The van der Waals surface area contributed by atoms with Gasteiger partial charge in [-0.25, -0.2) is 4.79 Å². The molecule has 0 saturated carbocycles. The van der Waals surface area contributed by atoms with Gasteiger partial charge >= 0.3 is 6.09 Å². The van der Waals surface area contributed by atoms with E-state index >= 15 is 0 Å². The summed E-state index contributed by atoms with van der Waals surface area (Å²) in [5.74, 6) is -0.843. The number of aryl methyl sites for hydroxylation is 2. The Balaban J connectivity index is 3.44. The third-order valence-electron chi connectivity index (χ3n) is 4.74. The van der Waals surface area contributed by atoms with E-state index in [1.165, 1.54) is 0 Å². The zero-order valence-electron chi connectivity index (χ0n) is 21.4. The Labute approximate surface area is 198 Å². The molecule has 182 valence electrons. The molecule has 0 radical (unpaired) electrons. The monoisotopic (exact) mass is 457 g/mol. The first-order valence-electron chi connectivity index (χ1n) is 11.3. The number of rotatable bonds is 8. The van der Waals surface area contributed by atoms with Crippen LogP contribution in [-0.4, -0.2) is 40.5 Å². The minimum Gasteiger partial charge on any atom is -0.444 e. The molecule has 2 N–H and O–H groups in total. The molecule has 33 heavy (non-hydrogen) atoms. The minimum atomic E-state index is -1.04. The lowest BCUT2D eigenvalue weighted by atomic mass is 9.95. The lowest BCUT2D eigenvalue weighted by Crippen LogP contribution is -2.52. The van der Waals surface area contributed by atoms with Gasteiger partial charge in [-0.05, 0) is 71.9 Å². The maximum Gasteiger partial charge on any atom is 0.408 e. The molecule has 0 aromatic heterocycles. The van der Waals surface area contributed by atoms with Gasteiger partial charge in [0.15, 0.2) is 0 Å². The zero-order valence-corrected chi connectivity index (χ0v) is 21.4. The van der Waals surface area contributed by atoms with Crippen molar-refractivity contribution < 1.29 is 19.1 Å². The van der Waals surface area contributed by atoms with Crippen LogP contribution < -0.4 is 10.6 Å². The van der Waals surface area contributed by atoms with Crippen LogP contribution in [0, 0.1) is 32.2 Å². The SMILES string of the molecule is C#CN(C(=O)C(CC(C)C)NC(=O)OC(C)(C)C)C(C(=O)NC(C)C)c1cc(C)ccc1C. The summed E-state index contributed by atoms with van der Waals surface area (Å²) in [7, 11) is 0. The molecule has 0 fully saturated rings. The van der Waals surface area contributed by atoms with E-state index in [1.807, 2.05) is 59.7 Å². The maximum atomic E-state index is 13.6. The number of nitrogens with zero attached hydrogens (tertiary/aromatic N) is 1. The summed E-state index contributed by atoms with van der Waals surface area (Å²) < 4.78 is 5.34. The maximum absolute atomic E-state index is 13.6. The fraction of sp³-hybridized carbons (Fsp3) is 0.577. The molecule has 0 heterocycles. The topological polar surface area (TPSA) is 87.7 Å². The molecule has 0 saturated heterocycles. The van der Waals surface area contributed by atoms with Crippen molar-refractivity contribution in [2.24, 2.45) is 5.92 Å². The van der Waals surface area contributed by atoms with Crippen molar-refractivity contribution >= 4 is 17.9 Å². The molecule has 1 aromatic rings. The van der Waals surface area contributed by atoms with E-state index in [0.717, 1.165) is 16.0 Å². The summed E-state index contributed by atoms with van der Waals surface area (Å²) in [5.41, 5.74) is 1.69. The quantitative estimate of drug-likeness (QED) is 0.452. The van der Waals surface area contributed by atoms with Crippen molar-refractivity contribution in [3.05, 3.63) is 34.9 Å². The minimum absolute atomic E-state index is 0.0807. The van der Waals surface area contributed by atoms with E-state index in [2.05, 4.69) is 16.7 Å². The van der Waals surface area contributed by atoms with Gasteiger partial charge in [0.05, 0.1) is 0 Å². The van der Waals surface area contributed by atoms with Gasteiger partial charge in [0.1, 0.15) is 17.7 Å². The number of alkyl carbamates (subject to hydrolysis) is 1. The predicted molar refractivity (Wildman–Crippen MR) is 130 cm³/mol. The molecule has 0 bridgehead atoms. The Morgan fingerprint density at radius 3 is 2.18 bits per heavy atom. The summed E-state index contributed by atoms with van der Waals surface area (Å²) in [6.07, 6.45) is 5.42. The van der Waals surface area contributed by atoms with Gasteiger partial charge in [-0.3, -0.25) is 14.5 Å². The van der Waals surface area contributed by atoms with Crippen molar-refractivity contribution in [2.75, 3.05) is 0 Å². The van der Waals surface area contributed by atoms with Crippen molar-refractivity contribution in [3.8, 4) is 12.5 Å². The van der Waals surface area contributed by atoms with E-state index in [0.29, 0.717) is 12.0 Å². The number of carbonyl (C=O) groups is 3. The normalized spacial score (nSPS) is 13.2. The molecule has 1 aromatic carbocycles. The number of terminal acetylenes is 1. The van der Waals surface area contributed by atoms with Crippen LogP contribution in [0.2, 0.25) is 0 Å². The largest absolute Gasteiger partial charge is 0.444 e. The third kappa shape index (κ3) is 8.80. The second-order valence-corrected chi connectivity index (χ2v) is 10.1. The van der Waals surface area contributed by atoms with Crippen LogP contribution in [0.4, 0.5) is 4.79 Å². The fourth-order valence-corrected chi connectivity index (χ4v) is 3.39. The van der Waals surface area contributed by atoms with E-state index in [4.69, 9.17) is 11.2 Å². The van der Waals surface area contributed by atoms with Crippen LogP contribution in [0.15, 0.2) is 18.2 Å². The molecule has 2 unspecified atom stereocenters. The Kier molecular flexibility index (Phi) is 9.97. The standard InChI is InChI=1S/C26H39N3O4/c1-11-29(24(31)21(14-16(2)3)28-25(32)33-26(8,9)10)22(23(30)27-17(4)5)20-15-18(6)12-13-19(20)7/h1,12-13,15-17,21-22H,14H2,2-10H3,(H,27,30)(H,28,32). The fourth-order valence-electron chi connectivity index (χ4n) is 3.39. The van der Waals surface area contributed by atoms with Crippen LogP contribution in [0.5, 0.6) is 0 Å². The summed E-state index contributed by atoms with van der Waals surface area (Å²) in [5, 5.41) is 5.52. The van der Waals surface area contributed by atoms with Crippen LogP contribution >= 0.6 is 0 Å². The van der Waals surface area contributed by atoms with E-state index < -0.39 is 29.7 Å². The molecular formula is C26H39N3O4. The van der Waals surface area contributed by atoms with Gasteiger partial charge in [-0.15, -0.1) is 0 Å². The first kappa shape index (κ1) is 28.0.